The van der Waals surface area contributed by atoms with Crippen LogP contribution in [-0.4, -0.2) is 24.3 Å². The molecule has 3 aromatic rings. The van der Waals surface area contributed by atoms with E-state index in [1.807, 2.05) is 30.3 Å². The fourth-order valence-corrected chi connectivity index (χ4v) is 3.44. The highest BCUT2D eigenvalue weighted by molar-refractivity contribution is 5.96. The largest absolute Gasteiger partial charge is 0.376 e. The molecular weight excluding hydrogens is 440 g/mol. The quantitative estimate of drug-likeness (QED) is 0.273. The Balaban J connectivity index is 1.43. The zero-order valence-corrected chi connectivity index (χ0v) is 20.0. The Morgan fingerprint density at radius 3 is 2.09 bits per heavy atom. The van der Waals surface area contributed by atoms with E-state index in [0.29, 0.717) is 29.9 Å². The van der Waals surface area contributed by atoms with Crippen LogP contribution in [0.4, 0.5) is 17.1 Å². The number of anilines is 3. The zero-order valence-electron chi connectivity index (χ0n) is 20.0. The van der Waals surface area contributed by atoms with E-state index in [2.05, 4.69) is 28.2 Å². The lowest BCUT2D eigenvalue weighted by molar-refractivity contribution is -0.116. The van der Waals surface area contributed by atoms with E-state index in [1.54, 1.807) is 48.5 Å². The van der Waals surface area contributed by atoms with Crippen LogP contribution in [0.1, 0.15) is 48.5 Å². The molecule has 0 fully saturated rings. The van der Waals surface area contributed by atoms with E-state index in [-0.39, 0.29) is 24.3 Å². The Labute approximate surface area is 206 Å². The van der Waals surface area contributed by atoms with Gasteiger partial charge in [-0.15, -0.1) is 0 Å². The predicted octanol–water partition coefficient (Wildman–Crippen LogP) is 5.19. The highest BCUT2D eigenvalue weighted by Crippen LogP contribution is 2.16. The van der Waals surface area contributed by atoms with Gasteiger partial charge in [-0.05, 0) is 54.4 Å². The van der Waals surface area contributed by atoms with Crippen LogP contribution in [-0.2, 0) is 16.1 Å². The second kappa shape index (κ2) is 13.5. The molecule has 0 unspecified atom stereocenters. The molecule has 0 saturated carbocycles. The summed E-state index contributed by atoms with van der Waals surface area (Å²) in [5, 5.41) is 11.6. The second-order valence-electron chi connectivity index (χ2n) is 8.23. The number of hydrogen-bond acceptors (Lipinski definition) is 4. The summed E-state index contributed by atoms with van der Waals surface area (Å²) < 4.78 is 0. The molecule has 7 heteroatoms. The van der Waals surface area contributed by atoms with E-state index in [9.17, 15) is 14.4 Å². The molecule has 0 aliphatic rings. The van der Waals surface area contributed by atoms with Gasteiger partial charge in [0.15, 0.2) is 0 Å². The molecule has 0 aromatic heterocycles. The van der Waals surface area contributed by atoms with Gasteiger partial charge in [-0.2, -0.15) is 0 Å². The third-order valence-corrected chi connectivity index (χ3v) is 5.33. The molecule has 182 valence electrons. The number of carbonyl (C=O) groups is 3. The first kappa shape index (κ1) is 25.5. The van der Waals surface area contributed by atoms with Crippen molar-refractivity contribution in [3.63, 3.8) is 0 Å². The fourth-order valence-electron chi connectivity index (χ4n) is 3.44. The molecule has 0 spiro atoms. The van der Waals surface area contributed by atoms with Gasteiger partial charge in [0.05, 0.1) is 6.54 Å². The van der Waals surface area contributed by atoms with Crippen LogP contribution in [0.15, 0.2) is 78.9 Å². The minimum Gasteiger partial charge on any atom is -0.376 e. The van der Waals surface area contributed by atoms with Gasteiger partial charge in [-0.1, -0.05) is 56.2 Å². The van der Waals surface area contributed by atoms with E-state index in [4.69, 9.17) is 0 Å². The maximum absolute atomic E-state index is 12.4. The van der Waals surface area contributed by atoms with Crippen molar-refractivity contribution in [2.45, 2.75) is 39.2 Å². The number of nitrogens with one attached hydrogen (secondary N) is 4. The smallest absolute Gasteiger partial charge is 0.251 e. The first-order valence-corrected chi connectivity index (χ1v) is 11.9. The minimum absolute atomic E-state index is 0.0270. The summed E-state index contributed by atoms with van der Waals surface area (Å²) in [5.74, 6) is -0.405. The number of amides is 3. The Morgan fingerprint density at radius 1 is 0.714 bits per heavy atom. The van der Waals surface area contributed by atoms with Crippen molar-refractivity contribution in [1.29, 1.82) is 0 Å². The van der Waals surface area contributed by atoms with Crippen LogP contribution < -0.4 is 21.3 Å². The maximum Gasteiger partial charge on any atom is 0.251 e. The molecule has 4 N–H and O–H groups in total. The third-order valence-electron chi connectivity index (χ3n) is 5.33. The van der Waals surface area contributed by atoms with Crippen LogP contribution in [0, 0.1) is 0 Å². The number of hydrogen-bond donors (Lipinski definition) is 4. The van der Waals surface area contributed by atoms with Gasteiger partial charge in [-0.3, -0.25) is 14.4 Å². The molecule has 0 aliphatic heterocycles. The van der Waals surface area contributed by atoms with E-state index < -0.39 is 0 Å². The lowest BCUT2D eigenvalue weighted by Gasteiger charge is -2.11. The van der Waals surface area contributed by atoms with Crippen LogP contribution in [0.25, 0.3) is 0 Å². The van der Waals surface area contributed by atoms with Crippen molar-refractivity contribution in [2.24, 2.45) is 0 Å². The van der Waals surface area contributed by atoms with Crippen LogP contribution in [0.5, 0.6) is 0 Å². The SMILES string of the molecule is CCCCCC(=O)Nc1cccc(NC(=O)CNc2ccc(C(=O)NCc3ccccc3)cc2)c1. The second-order valence-corrected chi connectivity index (χ2v) is 8.23. The van der Waals surface area contributed by atoms with E-state index in [1.165, 1.54) is 0 Å². The first-order valence-electron chi connectivity index (χ1n) is 11.9. The minimum atomic E-state index is -0.221. The summed E-state index contributed by atoms with van der Waals surface area (Å²) in [4.78, 5) is 36.7. The van der Waals surface area contributed by atoms with Crippen molar-refractivity contribution in [2.75, 3.05) is 22.5 Å². The number of benzene rings is 3. The molecule has 0 saturated heterocycles. The number of unbranched alkanes of at least 4 members (excludes halogenated alkanes) is 2. The van der Waals surface area contributed by atoms with Gasteiger partial charge >= 0.3 is 0 Å². The molecule has 3 rings (SSSR count). The van der Waals surface area contributed by atoms with Crippen molar-refractivity contribution >= 4 is 34.8 Å². The van der Waals surface area contributed by atoms with Crippen LogP contribution in [0.2, 0.25) is 0 Å². The highest BCUT2D eigenvalue weighted by atomic mass is 16.2. The topological polar surface area (TPSA) is 99.3 Å². The molecule has 0 aliphatic carbocycles. The van der Waals surface area contributed by atoms with Crippen molar-refractivity contribution < 1.29 is 14.4 Å². The standard InChI is InChI=1S/C28H32N4O3/c1-2-3-5-13-26(33)31-24-11-8-12-25(18-24)32-27(34)20-29-23-16-14-22(15-17-23)28(35)30-19-21-9-6-4-7-10-21/h4,6-12,14-18,29H,2-3,5,13,19-20H2,1H3,(H,30,35)(H,31,33)(H,32,34). The molecule has 0 atom stereocenters. The Kier molecular flexibility index (Phi) is 9.87. The highest BCUT2D eigenvalue weighted by Gasteiger charge is 2.08. The van der Waals surface area contributed by atoms with Crippen LogP contribution in [0.3, 0.4) is 0 Å². The average Bonchev–Trinajstić information content (AvgIpc) is 2.87. The van der Waals surface area contributed by atoms with Gasteiger partial charge in [0, 0.05) is 35.6 Å². The number of carbonyl (C=O) groups excluding carboxylic acids is 3. The molecule has 35 heavy (non-hydrogen) atoms. The molecule has 3 aromatic carbocycles. The average molecular weight is 473 g/mol. The molecule has 7 nitrogen and oxygen atoms in total. The summed E-state index contributed by atoms with van der Waals surface area (Å²) in [5.41, 5.74) is 3.56. The molecule has 0 bridgehead atoms. The van der Waals surface area contributed by atoms with Gasteiger partial charge < -0.3 is 21.3 Å². The Bertz CT molecular complexity index is 1110. The maximum atomic E-state index is 12.4. The van der Waals surface area contributed by atoms with E-state index >= 15 is 0 Å². The van der Waals surface area contributed by atoms with E-state index in [0.717, 1.165) is 30.5 Å². The molecule has 0 radical (unpaired) electrons. The summed E-state index contributed by atoms with van der Waals surface area (Å²) >= 11 is 0. The number of rotatable bonds is 12. The van der Waals surface area contributed by atoms with Gasteiger partial charge in [0.2, 0.25) is 11.8 Å². The molecule has 3 amide bonds. The van der Waals surface area contributed by atoms with Crippen LogP contribution >= 0.6 is 0 Å². The summed E-state index contributed by atoms with van der Waals surface area (Å²) in [6.07, 6.45) is 3.45. The zero-order chi connectivity index (χ0) is 24.9. The van der Waals surface area contributed by atoms with Crippen molar-refractivity contribution in [3.05, 3.63) is 90.0 Å². The van der Waals surface area contributed by atoms with Crippen molar-refractivity contribution in [3.8, 4) is 0 Å². The molecule has 0 heterocycles. The summed E-state index contributed by atoms with van der Waals surface area (Å²) in [7, 11) is 0. The van der Waals surface area contributed by atoms with Gasteiger partial charge in [-0.25, -0.2) is 0 Å². The third kappa shape index (κ3) is 8.97. The van der Waals surface area contributed by atoms with Gasteiger partial charge in [0.1, 0.15) is 0 Å². The fraction of sp³-hybridized carbons (Fsp3) is 0.250. The lowest BCUT2D eigenvalue weighted by Crippen LogP contribution is -2.23. The lowest BCUT2D eigenvalue weighted by atomic mass is 10.1. The molecular formula is C28H32N4O3. The Hall–Kier alpha value is -4.13. The predicted molar refractivity (Wildman–Crippen MR) is 140 cm³/mol. The first-order chi connectivity index (χ1) is 17.0. The van der Waals surface area contributed by atoms with Crippen molar-refractivity contribution in [1.82, 2.24) is 5.32 Å². The summed E-state index contributed by atoms with van der Waals surface area (Å²) in [6, 6.07) is 23.8. The monoisotopic (exact) mass is 472 g/mol. The van der Waals surface area contributed by atoms with Gasteiger partial charge in [0.25, 0.3) is 5.91 Å². The normalized spacial score (nSPS) is 10.3. The Morgan fingerprint density at radius 2 is 1.40 bits per heavy atom. The summed E-state index contributed by atoms with van der Waals surface area (Å²) in [6.45, 7) is 2.62.